The summed E-state index contributed by atoms with van der Waals surface area (Å²) in [6.07, 6.45) is 1.48. The molecule has 3 aromatic rings. The fourth-order valence-electron chi connectivity index (χ4n) is 2.72. The Kier molecular flexibility index (Phi) is 3.92. The van der Waals surface area contributed by atoms with Crippen LogP contribution in [-0.4, -0.2) is 27.0 Å². The lowest BCUT2D eigenvalue weighted by atomic mass is 10.0. The molecule has 0 aliphatic heterocycles. The third-order valence-corrected chi connectivity index (χ3v) is 4.11. The minimum Gasteiger partial charge on any atom is -0.507 e. The largest absolute Gasteiger partial charge is 0.507 e. The molecule has 0 atom stereocenters. The summed E-state index contributed by atoms with van der Waals surface area (Å²) in [7, 11) is 0. The number of benzene rings is 2. The third kappa shape index (κ3) is 2.93. The van der Waals surface area contributed by atoms with Crippen molar-refractivity contribution >= 4 is 34.7 Å². The standard InChI is InChI=1S/C19H12N4O4/c1-10-19(23-27-22-10)21-20-12-6-7-16(24)11(8-12)9-15-13-4-2-3-5-14(13)17(25)18(15)26/h2-9,24H,1H3/b15-9+,21-20?. The number of carbonyl (C=O) groups excluding carboxylic acids is 2. The second kappa shape index (κ2) is 6.41. The maximum Gasteiger partial charge on any atom is 0.240 e. The highest BCUT2D eigenvalue weighted by Gasteiger charge is 2.32. The van der Waals surface area contributed by atoms with Gasteiger partial charge in [0.05, 0.1) is 5.69 Å². The molecule has 2 aromatic carbocycles. The summed E-state index contributed by atoms with van der Waals surface area (Å²) in [5, 5.41) is 25.3. The van der Waals surface area contributed by atoms with E-state index in [1.165, 1.54) is 12.1 Å². The summed E-state index contributed by atoms with van der Waals surface area (Å²) in [6, 6.07) is 11.3. The summed E-state index contributed by atoms with van der Waals surface area (Å²) in [5.74, 6) is -0.966. The number of hydrogen-bond acceptors (Lipinski definition) is 8. The minimum absolute atomic E-state index is 0.0506. The van der Waals surface area contributed by atoms with E-state index in [1.54, 1.807) is 43.3 Å². The number of rotatable bonds is 3. The van der Waals surface area contributed by atoms with Crippen LogP contribution in [0.4, 0.5) is 11.5 Å². The van der Waals surface area contributed by atoms with Crippen molar-refractivity contribution in [3.8, 4) is 5.75 Å². The van der Waals surface area contributed by atoms with E-state index in [0.29, 0.717) is 28.1 Å². The van der Waals surface area contributed by atoms with Crippen molar-refractivity contribution < 1.29 is 19.3 Å². The van der Waals surface area contributed by atoms with Crippen LogP contribution in [0.1, 0.15) is 27.2 Å². The molecule has 1 heterocycles. The summed E-state index contributed by atoms with van der Waals surface area (Å²) < 4.78 is 4.55. The minimum atomic E-state index is -0.605. The number of Topliss-reactive ketones (excluding diaryl/α,β-unsaturated/α-hetero) is 2. The van der Waals surface area contributed by atoms with Crippen LogP contribution in [0.3, 0.4) is 0 Å². The Morgan fingerprint density at radius 1 is 1.00 bits per heavy atom. The van der Waals surface area contributed by atoms with Gasteiger partial charge in [-0.25, -0.2) is 4.63 Å². The molecule has 0 spiro atoms. The SMILES string of the molecule is Cc1nonc1N=Nc1ccc(O)c(/C=C2/C(=O)C(=O)c3ccccc32)c1. The summed E-state index contributed by atoms with van der Waals surface area (Å²) >= 11 is 0. The number of azo groups is 1. The number of allylic oxidation sites excluding steroid dienone is 1. The summed E-state index contributed by atoms with van der Waals surface area (Å²) in [5.41, 5.74) is 2.39. The third-order valence-electron chi connectivity index (χ3n) is 4.11. The van der Waals surface area contributed by atoms with E-state index in [0.717, 1.165) is 0 Å². The van der Waals surface area contributed by atoms with Crippen molar-refractivity contribution in [2.45, 2.75) is 6.92 Å². The molecule has 1 N–H and O–H groups in total. The first-order chi connectivity index (χ1) is 13.0. The maximum absolute atomic E-state index is 12.3. The van der Waals surface area contributed by atoms with Crippen LogP contribution < -0.4 is 0 Å². The van der Waals surface area contributed by atoms with Crippen molar-refractivity contribution in [1.29, 1.82) is 0 Å². The molecule has 1 aliphatic carbocycles. The van der Waals surface area contributed by atoms with Crippen LogP contribution in [0.5, 0.6) is 5.75 Å². The quantitative estimate of drug-likeness (QED) is 0.431. The van der Waals surface area contributed by atoms with Crippen molar-refractivity contribution in [3.05, 3.63) is 64.8 Å². The van der Waals surface area contributed by atoms with E-state index in [4.69, 9.17) is 0 Å². The number of ketones is 2. The van der Waals surface area contributed by atoms with Gasteiger partial charge in [-0.15, -0.1) is 10.2 Å². The summed E-state index contributed by atoms with van der Waals surface area (Å²) in [4.78, 5) is 24.4. The second-order valence-electron chi connectivity index (χ2n) is 5.88. The van der Waals surface area contributed by atoms with Crippen molar-refractivity contribution in [3.63, 3.8) is 0 Å². The molecule has 8 nitrogen and oxygen atoms in total. The van der Waals surface area contributed by atoms with Crippen molar-refractivity contribution in [2.24, 2.45) is 10.2 Å². The molecule has 0 bridgehead atoms. The number of hydrogen-bond donors (Lipinski definition) is 1. The van der Waals surface area contributed by atoms with Crippen LogP contribution in [0.2, 0.25) is 0 Å². The molecule has 0 saturated carbocycles. The molecule has 0 unspecified atom stereocenters. The zero-order valence-electron chi connectivity index (χ0n) is 14.1. The molecule has 8 heteroatoms. The molecule has 0 amide bonds. The van der Waals surface area contributed by atoms with E-state index in [2.05, 4.69) is 25.2 Å². The molecule has 0 fully saturated rings. The van der Waals surface area contributed by atoms with Crippen LogP contribution in [0.25, 0.3) is 11.6 Å². The molecule has 1 aliphatic rings. The lowest BCUT2D eigenvalue weighted by Crippen LogP contribution is -2.05. The Morgan fingerprint density at radius 3 is 2.52 bits per heavy atom. The highest BCUT2D eigenvalue weighted by Crippen LogP contribution is 2.34. The van der Waals surface area contributed by atoms with E-state index in [9.17, 15) is 14.7 Å². The van der Waals surface area contributed by atoms with Crippen LogP contribution >= 0.6 is 0 Å². The second-order valence-corrected chi connectivity index (χ2v) is 5.88. The predicted molar refractivity (Wildman–Crippen MR) is 95.0 cm³/mol. The van der Waals surface area contributed by atoms with Crippen molar-refractivity contribution in [1.82, 2.24) is 10.3 Å². The predicted octanol–water partition coefficient (Wildman–Crippen LogP) is 3.81. The Bertz CT molecular complexity index is 1140. The molecule has 0 radical (unpaired) electrons. The number of fused-ring (bicyclic) bond motifs is 1. The van der Waals surface area contributed by atoms with Crippen LogP contribution in [-0.2, 0) is 4.79 Å². The van der Waals surface area contributed by atoms with E-state index >= 15 is 0 Å². The molecular weight excluding hydrogens is 348 g/mol. The number of phenolic OH excluding ortho intramolecular Hbond substituents is 1. The Hall–Kier alpha value is -3.94. The average Bonchev–Trinajstić information content (AvgIpc) is 3.19. The number of nitrogens with zero attached hydrogens (tertiary/aromatic N) is 4. The first kappa shape index (κ1) is 16.5. The number of aromatic nitrogens is 2. The smallest absolute Gasteiger partial charge is 0.240 e. The van der Waals surface area contributed by atoms with Gasteiger partial charge in [-0.05, 0) is 41.9 Å². The first-order valence-corrected chi connectivity index (χ1v) is 7.98. The normalized spacial score (nSPS) is 15.1. The van der Waals surface area contributed by atoms with Gasteiger partial charge in [0.15, 0.2) is 0 Å². The van der Waals surface area contributed by atoms with Crippen LogP contribution in [0, 0.1) is 6.92 Å². The van der Waals surface area contributed by atoms with Gasteiger partial charge >= 0.3 is 0 Å². The van der Waals surface area contributed by atoms with E-state index in [1.807, 2.05) is 0 Å². The van der Waals surface area contributed by atoms with Gasteiger partial charge < -0.3 is 5.11 Å². The highest BCUT2D eigenvalue weighted by molar-refractivity contribution is 6.64. The maximum atomic E-state index is 12.3. The van der Waals surface area contributed by atoms with E-state index < -0.39 is 11.6 Å². The fraction of sp³-hybridized carbons (Fsp3) is 0.0526. The average molecular weight is 360 g/mol. The molecule has 0 saturated heterocycles. The zero-order valence-corrected chi connectivity index (χ0v) is 14.1. The number of phenols is 1. The highest BCUT2D eigenvalue weighted by atomic mass is 16.6. The Labute approximate surface area is 152 Å². The number of carbonyl (C=O) groups is 2. The van der Waals surface area contributed by atoms with Gasteiger partial charge in [0.1, 0.15) is 11.4 Å². The molecular formula is C19H12N4O4. The fourth-order valence-corrected chi connectivity index (χ4v) is 2.72. The molecule has 1 aromatic heterocycles. The number of aryl methyl sites for hydroxylation is 1. The Balaban J connectivity index is 1.74. The van der Waals surface area contributed by atoms with Crippen molar-refractivity contribution in [2.75, 3.05) is 0 Å². The van der Waals surface area contributed by atoms with Gasteiger partial charge in [0, 0.05) is 16.7 Å². The Morgan fingerprint density at radius 2 is 1.78 bits per heavy atom. The molecule has 4 rings (SSSR count). The monoisotopic (exact) mass is 360 g/mol. The molecule has 132 valence electrons. The van der Waals surface area contributed by atoms with E-state index in [-0.39, 0.29) is 17.1 Å². The van der Waals surface area contributed by atoms with Gasteiger partial charge in [-0.1, -0.05) is 29.4 Å². The van der Waals surface area contributed by atoms with Crippen LogP contribution in [0.15, 0.2) is 57.3 Å². The first-order valence-electron chi connectivity index (χ1n) is 7.98. The zero-order chi connectivity index (χ0) is 19.0. The van der Waals surface area contributed by atoms with Gasteiger partial charge in [0.2, 0.25) is 17.4 Å². The lowest BCUT2D eigenvalue weighted by molar-refractivity contribution is -0.109. The van der Waals surface area contributed by atoms with Gasteiger partial charge in [-0.2, -0.15) is 0 Å². The topological polar surface area (TPSA) is 118 Å². The molecule has 27 heavy (non-hydrogen) atoms. The number of aromatic hydroxyl groups is 1. The summed E-state index contributed by atoms with van der Waals surface area (Å²) in [6.45, 7) is 1.68. The van der Waals surface area contributed by atoms with Gasteiger partial charge in [-0.3, -0.25) is 9.59 Å². The van der Waals surface area contributed by atoms with Gasteiger partial charge in [0.25, 0.3) is 0 Å². The lowest BCUT2D eigenvalue weighted by Gasteiger charge is -2.03.